The summed E-state index contributed by atoms with van der Waals surface area (Å²) in [6, 6.07) is 58.7. The number of rotatable bonds is 5. The first-order valence-electron chi connectivity index (χ1n) is 16.3. The van der Waals surface area contributed by atoms with Crippen molar-refractivity contribution in [2.45, 2.75) is 0 Å². The molecule has 0 aliphatic heterocycles. The summed E-state index contributed by atoms with van der Waals surface area (Å²) in [5, 5.41) is 4.69. The SMILES string of the molecule is c1ccc(-c2ccc(N(c3ccc(-c4ccc5c(c4)-c4cccc6cccc-5c46)cc3)c3cccc4oc5ncccc5c34)cc2)cc1. The molecule has 48 heavy (non-hydrogen) atoms. The van der Waals surface area contributed by atoms with Gasteiger partial charge in [0.25, 0.3) is 0 Å². The smallest absolute Gasteiger partial charge is 0.227 e. The van der Waals surface area contributed by atoms with Crippen LogP contribution < -0.4 is 4.90 Å². The van der Waals surface area contributed by atoms with Gasteiger partial charge >= 0.3 is 0 Å². The van der Waals surface area contributed by atoms with Crippen LogP contribution in [0.1, 0.15) is 0 Å². The Morgan fingerprint density at radius 2 is 1.08 bits per heavy atom. The van der Waals surface area contributed by atoms with E-state index in [4.69, 9.17) is 4.42 Å². The van der Waals surface area contributed by atoms with Crippen LogP contribution in [0.5, 0.6) is 0 Å². The van der Waals surface area contributed by atoms with Gasteiger partial charge in [-0.05, 0) is 110 Å². The largest absolute Gasteiger partial charge is 0.438 e. The van der Waals surface area contributed by atoms with Crippen LogP contribution in [-0.2, 0) is 0 Å². The maximum Gasteiger partial charge on any atom is 0.227 e. The number of pyridine rings is 1. The fourth-order valence-electron chi connectivity index (χ4n) is 7.46. The van der Waals surface area contributed by atoms with Crippen molar-refractivity contribution in [2.24, 2.45) is 0 Å². The molecule has 0 radical (unpaired) electrons. The third-order valence-corrected chi connectivity index (χ3v) is 9.69. The minimum atomic E-state index is 0.643. The number of hydrogen-bond donors (Lipinski definition) is 0. The highest BCUT2D eigenvalue weighted by Crippen LogP contribution is 2.48. The summed E-state index contributed by atoms with van der Waals surface area (Å²) >= 11 is 0. The van der Waals surface area contributed by atoms with E-state index in [0.717, 1.165) is 33.4 Å². The lowest BCUT2D eigenvalue weighted by atomic mass is 9.97. The third kappa shape index (κ3) is 4.11. The van der Waals surface area contributed by atoms with E-state index in [1.165, 1.54) is 55.3 Å². The molecule has 1 aliphatic rings. The standard InChI is InChI=1S/C45H28N2O/c1-2-8-29(9-3-1)30-17-22-34(23-18-30)47(41-15-6-16-42-44(41)39-14-7-27-46-45(39)48-42)35-24-19-31(20-25-35)33-21-26-36-37-12-4-10-32-11-5-13-38(43(32)37)40(36)28-33/h1-28H. The van der Waals surface area contributed by atoms with Gasteiger partial charge in [-0.1, -0.05) is 109 Å². The topological polar surface area (TPSA) is 29.3 Å². The molecule has 7 aromatic carbocycles. The Hall–Kier alpha value is -6.45. The predicted octanol–water partition coefficient (Wildman–Crippen LogP) is 12.6. The van der Waals surface area contributed by atoms with E-state index in [0.29, 0.717) is 5.71 Å². The van der Waals surface area contributed by atoms with E-state index in [1.807, 2.05) is 12.1 Å². The van der Waals surface area contributed by atoms with E-state index < -0.39 is 0 Å². The number of benzene rings is 7. The van der Waals surface area contributed by atoms with Crippen molar-refractivity contribution < 1.29 is 4.42 Å². The van der Waals surface area contributed by atoms with E-state index in [9.17, 15) is 0 Å². The van der Waals surface area contributed by atoms with Gasteiger partial charge in [0.2, 0.25) is 5.71 Å². The molecule has 2 heterocycles. The fraction of sp³-hybridized carbons (Fsp3) is 0. The zero-order valence-electron chi connectivity index (χ0n) is 26.0. The van der Waals surface area contributed by atoms with Crippen molar-refractivity contribution in [1.82, 2.24) is 4.98 Å². The highest BCUT2D eigenvalue weighted by Gasteiger charge is 2.22. The van der Waals surface area contributed by atoms with E-state index >= 15 is 0 Å². The van der Waals surface area contributed by atoms with Crippen molar-refractivity contribution in [3.63, 3.8) is 0 Å². The number of fused-ring (bicyclic) bond motifs is 6. The molecule has 10 rings (SSSR count). The summed E-state index contributed by atoms with van der Waals surface area (Å²) in [4.78, 5) is 6.84. The normalized spacial score (nSPS) is 11.8. The van der Waals surface area contributed by atoms with Crippen LogP contribution in [0.2, 0.25) is 0 Å². The molecule has 224 valence electrons. The van der Waals surface area contributed by atoms with Gasteiger partial charge < -0.3 is 9.32 Å². The maximum atomic E-state index is 6.21. The Bertz CT molecular complexity index is 2650. The Labute approximate surface area is 278 Å². The highest BCUT2D eigenvalue weighted by atomic mass is 16.3. The molecule has 0 unspecified atom stereocenters. The Morgan fingerprint density at radius 3 is 1.83 bits per heavy atom. The molecule has 0 amide bonds. The number of nitrogens with zero attached hydrogens (tertiary/aromatic N) is 2. The Balaban J connectivity index is 1.09. The molecule has 0 spiro atoms. The molecule has 3 nitrogen and oxygen atoms in total. The molecule has 3 heteroatoms. The molecule has 0 bridgehead atoms. The monoisotopic (exact) mass is 612 g/mol. The average molecular weight is 613 g/mol. The lowest BCUT2D eigenvalue weighted by Gasteiger charge is -2.26. The Morgan fingerprint density at radius 1 is 0.438 bits per heavy atom. The lowest BCUT2D eigenvalue weighted by molar-refractivity contribution is 0.654. The molecular weight excluding hydrogens is 585 g/mol. The van der Waals surface area contributed by atoms with Gasteiger partial charge in [-0.25, -0.2) is 4.98 Å². The molecule has 0 atom stereocenters. The summed E-state index contributed by atoms with van der Waals surface area (Å²) in [7, 11) is 0. The average Bonchev–Trinajstić information content (AvgIpc) is 3.70. The van der Waals surface area contributed by atoms with Gasteiger partial charge in [0.15, 0.2) is 0 Å². The summed E-state index contributed by atoms with van der Waals surface area (Å²) < 4.78 is 6.21. The van der Waals surface area contributed by atoms with E-state index in [1.54, 1.807) is 6.20 Å². The summed E-state index contributed by atoms with van der Waals surface area (Å²) in [5.41, 5.74) is 14.7. The summed E-state index contributed by atoms with van der Waals surface area (Å²) in [6.07, 6.45) is 1.78. The molecule has 1 aliphatic carbocycles. The molecule has 0 fully saturated rings. The molecule has 9 aromatic rings. The van der Waals surface area contributed by atoms with Gasteiger partial charge in [-0.15, -0.1) is 0 Å². The van der Waals surface area contributed by atoms with Crippen LogP contribution in [0.25, 0.3) is 77.3 Å². The van der Waals surface area contributed by atoms with Crippen LogP contribution in [0, 0.1) is 0 Å². The molecule has 0 saturated heterocycles. The van der Waals surface area contributed by atoms with Crippen molar-refractivity contribution in [2.75, 3.05) is 4.90 Å². The zero-order valence-corrected chi connectivity index (χ0v) is 26.0. The zero-order chi connectivity index (χ0) is 31.6. The van der Waals surface area contributed by atoms with Gasteiger partial charge in [-0.2, -0.15) is 0 Å². The number of furan rings is 1. The van der Waals surface area contributed by atoms with Gasteiger partial charge in [0, 0.05) is 17.6 Å². The third-order valence-electron chi connectivity index (χ3n) is 9.69. The van der Waals surface area contributed by atoms with Crippen molar-refractivity contribution in [1.29, 1.82) is 0 Å². The van der Waals surface area contributed by atoms with Gasteiger partial charge in [0.05, 0.1) is 16.5 Å². The number of hydrogen-bond acceptors (Lipinski definition) is 3. The summed E-state index contributed by atoms with van der Waals surface area (Å²) in [5.74, 6) is 0. The van der Waals surface area contributed by atoms with Crippen molar-refractivity contribution in [3.05, 3.63) is 170 Å². The molecule has 0 N–H and O–H groups in total. The van der Waals surface area contributed by atoms with Crippen LogP contribution in [0.3, 0.4) is 0 Å². The maximum absolute atomic E-state index is 6.21. The van der Waals surface area contributed by atoms with E-state index in [2.05, 4.69) is 162 Å². The first-order chi connectivity index (χ1) is 23.8. The molecule has 0 saturated carbocycles. The summed E-state index contributed by atoms with van der Waals surface area (Å²) in [6.45, 7) is 0. The minimum Gasteiger partial charge on any atom is -0.438 e. The Kier molecular flexibility index (Phi) is 5.87. The minimum absolute atomic E-state index is 0.643. The van der Waals surface area contributed by atoms with Crippen LogP contribution in [0.15, 0.2) is 174 Å². The van der Waals surface area contributed by atoms with Gasteiger partial charge in [-0.3, -0.25) is 0 Å². The molecular formula is C45H28N2O. The van der Waals surface area contributed by atoms with E-state index in [-0.39, 0.29) is 0 Å². The van der Waals surface area contributed by atoms with Gasteiger partial charge in [0.1, 0.15) is 5.58 Å². The quantitative estimate of drug-likeness (QED) is 0.194. The first kappa shape index (κ1) is 26.7. The predicted molar refractivity (Wildman–Crippen MR) is 199 cm³/mol. The second kappa shape index (κ2) is 10.5. The number of anilines is 3. The lowest BCUT2D eigenvalue weighted by Crippen LogP contribution is -2.10. The van der Waals surface area contributed by atoms with Crippen molar-refractivity contribution in [3.8, 4) is 44.5 Å². The van der Waals surface area contributed by atoms with Crippen LogP contribution in [0.4, 0.5) is 17.1 Å². The fourth-order valence-corrected chi connectivity index (χ4v) is 7.46. The number of aromatic nitrogens is 1. The second-order valence-electron chi connectivity index (χ2n) is 12.4. The highest BCUT2D eigenvalue weighted by molar-refractivity contribution is 6.16. The molecule has 2 aromatic heterocycles. The van der Waals surface area contributed by atoms with Crippen LogP contribution >= 0.6 is 0 Å². The second-order valence-corrected chi connectivity index (χ2v) is 12.4. The van der Waals surface area contributed by atoms with Crippen molar-refractivity contribution >= 4 is 49.9 Å². The first-order valence-corrected chi connectivity index (χ1v) is 16.3. The van der Waals surface area contributed by atoms with Crippen LogP contribution in [-0.4, -0.2) is 4.98 Å².